The predicted octanol–water partition coefficient (Wildman–Crippen LogP) is 2.72. The molecule has 0 saturated carbocycles. The Bertz CT molecular complexity index is 885. The van der Waals surface area contributed by atoms with Gasteiger partial charge in [-0.1, -0.05) is 17.7 Å². The third-order valence-corrected chi connectivity index (χ3v) is 6.68. The highest BCUT2D eigenvalue weighted by atomic mass is 32.2. The van der Waals surface area contributed by atoms with Gasteiger partial charge in [-0.15, -0.1) is 0 Å². The second kappa shape index (κ2) is 8.10. The van der Waals surface area contributed by atoms with Gasteiger partial charge in [-0.05, 0) is 50.2 Å². The number of aryl methyl sites for hydroxylation is 1. The number of nitrogens with zero attached hydrogens (tertiary/aromatic N) is 2. The minimum absolute atomic E-state index is 0.138. The van der Waals surface area contributed by atoms with Crippen molar-refractivity contribution in [1.82, 2.24) is 4.31 Å². The zero-order valence-electron chi connectivity index (χ0n) is 15.7. The first kappa shape index (κ1) is 19.4. The van der Waals surface area contributed by atoms with Gasteiger partial charge >= 0.3 is 0 Å². The highest BCUT2D eigenvalue weighted by molar-refractivity contribution is 7.89. The third kappa shape index (κ3) is 4.67. The summed E-state index contributed by atoms with van der Waals surface area (Å²) in [5.74, 6) is 0.00341. The van der Waals surface area contributed by atoms with E-state index in [0.717, 1.165) is 16.9 Å². The first-order valence-electron chi connectivity index (χ1n) is 9.10. The van der Waals surface area contributed by atoms with Gasteiger partial charge in [0.25, 0.3) is 5.91 Å². The van der Waals surface area contributed by atoms with Gasteiger partial charge in [-0.3, -0.25) is 4.79 Å². The number of benzene rings is 2. The molecule has 1 amide bonds. The molecule has 7 heteroatoms. The summed E-state index contributed by atoms with van der Waals surface area (Å²) in [4.78, 5) is 14.4. The van der Waals surface area contributed by atoms with E-state index in [1.54, 1.807) is 11.2 Å². The van der Waals surface area contributed by atoms with Crippen molar-refractivity contribution in [2.45, 2.75) is 13.8 Å². The number of nitrogens with one attached hydrogen (secondary N) is 1. The average molecular weight is 388 g/mol. The minimum atomic E-state index is -3.12. The molecule has 0 spiro atoms. The smallest absolute Gasteiger partial charge is 0.255 e. The van der Waals surface area contributed by atoms with E-state index in [1.807, 2.05) is 55.5 Å². The molecule has 1 aliphatic heterocycles. The number of carbonyl (C=O) groups excluding carboxylic acids is 1. The van der Waals surface area contributed by atoms with E-state index < -0.39 is 10.0 Å². The first-order valence-corrected chi connectivity index (χ1v) is 10.7. The lowest BCUT2D eigenvalue weighted by Gasteiger charge is -2.35. The molecule has 0 atom stereocenters. The maximum atomic E-state index is 12.3. The van der Waals surface area contributed by atoms with Crippen molar-refractivity contribution in [2.24, 2.45) is 0 Å². The van der Waals surface area contributed by atoms with Crippen LogP contribution in [0.25, 0.3) is 0 Å². The fourth-order valence-corrected chi connectivity index (χ4v) is 4.16. The van der Waals surface area contributed by atoms with E-state index in [4.69, 9.17) is 0 Å². The van der Waals surface area contributed by atoms with Crippen molar-refractivity contribution >= 4 is 27.3 Å². The van der Waals surface area contributed by atoms with Crippen molar-refractivity contribution < 1.29 is 13.2 Å². The summed E-state index contributed by atoms with van der Waals surface area (Å²) in [7, 11) is -3.12. The maximum absolute atomic E-state index is 12.3. The molecule has 6 nitrogen and oxygen atoms in total. The number of hydrogen-bond donors (Lipinski definition) is 1. The highest BCUT2D eigenvalue weighted by Gasteiger charge is 2.25. The van der Waals surface area contributed by atoms with E-state index in [2.05, 4.69) is 10.2 Å². The van der Waals surface area contributed by atoms with Crippen molar-refractivity contribution in [3.8, 4) is 0 Å². The lowest BCUT2D eigenvalue weighted by Crippen LogP contribution is -2.49. The zero-order chi connectivity index (χ0) is 19.4. The summed E-state index contributed by atoms with van der Waals surface area (Å²) >= 11 is 0. The number of amides is 1. The quantitative estimate of drug-likeness (QED) is 0.856. The molecule has 2 aromatic carbocycles. The van der Waals surface area contributed by atoms with Gasteiger partial charge in [0.2, 0.25) is 10.0 Å². The summed E-state index contributed by atoms with van der Waals surface area (Å²) in [6.45, 7) is 5.98. The summed E-state index contributed by atoms with van der Waals surface area (Å²) in [5, 5.41) is 2.90. The monoisotopic (exact) mass is 387 g/mol. The Balaban J connectivity index is 1.59. The topological polar surface area (TPSA) is 69.7 Å². The number of rotatable bonds is 5. The summed E-state index contributed by atoms with van der Waals surface area (Å²) in [6.07, 6.45) is 0. The van der Waals surface area contributed by atoms with Crippen LogP contribution < -0.4 is 10.2 Å². The molecule has 0 bridgehead atoms. The molecule has 144 valence electrons. The van der Waals surface area contributed by atoms with Gasteiger partial charge in [0.05, 0.1) is 5.75 Å². The van der Waals surface area contributed by atoms with Gasteiger partial charge in [0, 0.05) is 43.1 Å². The Hall–Kier alpha value is -2.38. The fraction of sp³-hybridized carbons (Fsp3) is 0.350. The number of anilines is 2. The predicted molar refractivity (Wildman–Crippen MR) is 109 cm³/mol. The van der Waals surface area contributed by atoms with Crippen molar-refractivity contribution in [3.63, 3.8) is 0 Å². The van der Waals surface area contributed by atoms with E-state index in [0.29, 0.717) is 31.7 Å². The van der Waals surface area contributed by atoms with Crippen LogP contribution in [0.15, 0.2) is 48.5 Å². The zero-order valence-corrected chi connectivity index (χ0v) is 16.5. The molecule has 1 N–H and O–H groups in total. The second-order valence-electron chi connectivity index (χ2n) is 6.65. The van der Waals surface area contributed by atoms with Crippen LogP contribution in [0.1, 0.15) is 22.8 Å². The van der Waals surface area contributed by atoms with Crippen LogP contribution in [0.2, 0.25) is 0 Å². The standard InChI is InChI=1S/C20H25N3O3S/c1-3-27(25,26)23-14-12-22(13-15-23)19-10-8-18(9-11-19)21-20(24)17-6-4-16(2)5-7-17/h4-11H,3,12-15H2,1-2H3,(H,21,24). The van der Waals surface area contributed by atoms with Gasteiger partial charge in [-0.25, -0.2) is 8.42 Å². The van der Waals surface area contributed by atoms with Crippen LogP contribution in [0.5, 0.6) is 0 Å². The lowest BCUT2D eigenvalue weighted by atomic mass is 10.1. The lowest BCUT2D eigenvalue weighted by molar-refractivity contribution is 0.102. The van der Waals surface area contributed by atoms with Crippen molar-refractivity contribution in [3.05, 3.63) is 59.7 Å². The molecule has 0 unspecified atom stereocenters. The van der Waals surface area contributed by atoms with E-state index in [9.17, 15) is 13.2 Å². The Labute approximate surface area is 160 Å². The molecular weight excluding hydrogens is 362 g/mol. The van der Waals surface area contributed by atoms with E-state index in [-0.39, 0.29) is 11.7 Å². The molecule has 0 aliphatic carbocycles. The van der Waals surface area contributed by atoms with Crippen LogP contribution in [0, 0.1) is 6.92 Å². The molecule has 1 fully saturated rings. The van der Waals surface area contributed by atoms with Gasteiger partial charge in [0.15, 0.2) is 0 Å². The SMILES string of the molecule is CCS(=O)(=O)N1CCN(c2ccc(NC(=O)c3ccc(C)cc3)cc2)CC1. The summed E-state index contributed by atoms with van der Waals surface area (Å²) in [6, 6.07) is 15.1. The van der Waals surface area contributed by atoms with Crippen LogP contribution in [-0.4, -0.2) is 50.6 Å². The molecule has 0 aromatic heterocycles. The minimum Gasteiger partial charge on any atom is -0.369 e. The average Bonchev–Trinajstić information content (AvgIpc) is 2.69. The number of sulfonamides is 1. The summed E-state index contributed by atoms with van der Waals surface area (Å²) < 4.78 is 25.5. The molecule has 3 rings (SSSR count). The molecule has 2 aromatic rings. The maximum Gasteiger partial charge on any atom is 0.255 e. The van der Waals surface area contributed by atoms with Gasteiger partial charge in [0.1, 0.15) is 0 Å². The molecule has 1 saturated heterocycles. The summed E-state index contributed by atoms with van der Waals surface area (Å²) in [5.41, 5.74) is 3.49. The number of piperazine rings is 1. The van der Waals surface area contributed by atoms with Crippen molar-refractivity contribution in [2.75, 3.05) is 42.1 Å². The highest BCUT2D eigenvalue weighted by Crippen LogP contribution is 2.21. The molecule has 0 radical (unpaired) electrons. The van der Waals surface area contributed by atoms with Crippen LogP contribution in [-0.2, 0) is 10.0 Å². The van der Waals surface area contributed by atoms with E-state index in [1.165, 1.54) is 0 Å². The van der Waals surface area contributed by atoms with Crippen molar-refractivity contribution in [1.29, 1.82) is 0 Å². The van der Waals surface area contributed by atoms with Crippen LogP contribution >= 0.6 is 0 Å². The van der Waals surface area contributed by atoms with Gasteiger partial charge < -0.3 is 10.2 Å². The molecule has 27 heavy (non-hydrogen) atoms. The van der Waals surface area contributed by atoms with Crippen LogP contribution in [0.4, 0.5) is 11.4 Å². The Morgan fingerprint density at radius 3 is 2.11 bits per heavy atom. The number of carbonyl (C=O) groups is 1. The number of hydrogen-bond acceptors (Lipinski definition) is 4. The third-order valence-electron chi connectivity index (χ3n) is 4.80. The normalized spacial score (nSPS) is 15.6. The second-order valence-corrected chi connectivity index (χ2v) is 8.91. The molecule has 1 aliphatic rings. The fourth-order valence-electron chi connectivity index (χ4n) is 3.07. The Morgan fingerprint density at radius 1 is 0.963 bits per heavy atom. The van der Waals surface area contributed by atoms with Gasteiger partial charge in [-0.2, -0.15) is 4.31 Å². The molecule has 1 heterocycles. The van der Waals surface area contributed by atoms with Crippen LogP contribution in [0.3, 0.4) is 0 Å². The Kier molecular flexibility index (Phi) is 5.82. The Morgan fingerprint density at radius 2 is 1.56 bits per heavy atom. The van der Waals surface area contributed by atoms with E-state index >= 15 is 0 Å². The first-order chi connectivity index (χ1) is 12.9. The molecular formula is C20H25N3O3S. The largest absolute Gasteiger partial charge is 0.369 e.